The summed E-state index contributed by atoms with van der Waals surface area (Å²) in [6.07, 6.45) is -3.01. The summed E-state index contributed by atoms with van der Waals surface area (Å²) in [5.74, 6) is 0.0617. The minimum absolute atomic E-state index is 0.0267. The summed E-state index contributed by atoms with van der Waals surface area (Å²) in [5.41, 5.74) is -0.897. The van der Waals surface area contributed by atoms with Crippen LogP contribution in [0.4, 0.5) is 18.9 Å². The van der Waals surface area contributed by atoms with Crippen molar-refractivity contribution in [3.63, 3.8) is 0 Å². The second kappa shape index (κ2) is 7.82. The molecule has 5 nitrogen and oxygen atoms in total. The topological polar surface area (TPSA) is 69.4 Å². The minimum Gasteiger partial charge on any atom is -0.455 e. The van der Waals surface area contributed by atoms with Gasteiger partial charge in [-0.05, 0) is 30.7 Å². The van der Waals surface area contributed by atoms with Gasteiger partial charge in [-0.25, -0.2) is 0 Å². The van der Waals surface area contributed by atoms with Gasteiger partial charge in [0.2, 0.25) is 0 Å². The summed E-state index contributed by atoms with van der Waals surface area (Å²) >= 11 is 6.79. The number of ether oxygens (including phenoxy) is 1. The average Bonchev–Trinajstić information content (AvgIpc) is 2.56. The molecule has 0 heterocycles. The fraction of sp³-hybridized carbons (Fsp3) is 0.200. The summed E-state index contributed by atoms with van der Waals surface area (Å²) in [5, 5.41) is 10.9. The molecule has 0 bridgehead atoms. The summed E-state index contributed by atoms with van der Waals surface area (Å²) in [7, 11) is -2.09. The Labute approximate surface area is 156 Å². The number of nitrogens with zero attached hydrogens (tertiary/aromatic N) is 1. The molecule has 0 aliphatic rings. The van der Waals surface area contributed by atoms with Crippen molar-refractivity contribution in [1.82, 2.24) is 0 Å². The molecule has 2 rings (SSSR count). The second-order valence-corrected chi connectivity index (χ2v) is 8.91. The third-order valence-electron chi connectivity index (χ3n) is 3.31. The van der Waals surface area contributed by atoms with Gasteiger partial charge >= 0.3 is 18.9 Å². The van der Waals surface area contributed by atoms with E-state index in [0.29, 0.717) is 5.56 Å². The largest absolute Gasteiger partial charge is 0.456 e. The predicted molar refractivity (Wildman–Crippen MR) is 95.1 cm³/mol. The van der Waals surface area contributed by atoms with Crippen LogP contribution < -0.4 is 10.0 Å². The van der Waals surface area contributed by atoms with Gasteiger partial charge in [-0.2, -0.15) is 13.2 Å². The maximum absolute atomic E-state index is 12.7. The fourth-order valence-corrected chi connectivity index (χ4v) is 4.04. The Kier molecular flexibility index (Phi) is 6.16. The Balaban J connectivity index is 2.47. The molecular formula is C15H11ClF3NO4PS+. The van der Waals surface area contributed by atoms with Crippen molar-refractivity contribution < 1.29 is 27.4 Å². The van der Waals surface area contributed by atoms with Crippen LogP contribution in [0.3, 0.4) is 0 Å². The van der Waals surface area contributed by atoms with E-state index in [1.165, 1.54) is 25.3 Å². The van der Waals surface area contributed by atoms with Gasteiger partial charge in [0.15, 0.2) is 0 Å². The van der Waals surface area contributed by atoms with Crippen molar-refractivity contribution in [2.75, 3.05) is 6.26 Å². The van der Waals surface area contributed by atoms with Gasteiger partial charge in [-0.3, -0.25) is 10.1 Å². The van der Waals surface area contributed by atoms with E-state index >= 15 is 0 Å². The number of hydrogen-bond donors (Lipinski definition) is 0. The van der Waals surface area contributed by atoms with Crippen molar-refractivity contribution >= 4 is 41.0 Å². The highest BCUT2D eigenvalue weighted by Gasteiger charge is 2.33. The lowest BCUT2D eigenvalue weighted by Crippen LogP contribution is -2.07. The normalized spacial score (nSPS) is 12.0. The molecule has 2 aromatic carbocycles. The first kappa shape index (κ1) is 20.5. The standard InChI is InChI=1S/C15H11ClF3NO4PS/c1-8-5-11(20(21)22)14(25(23)26-2)7-13(8)24-12-4-3-9(6-10(12)16)15(17,18)19/h3-7H,1-2H3/q+1. The molecule has 0 saturated carbocycles. The van der Waals surface area contributed by atoms with E-state index in [2.05, 4.69) is 0 Å². The molecule has 26 heavy (non-hydrogen) atoms. The Bertz CT molecular complexity index is 892. The smallest absolute Gasteiger partial charge is 0.455 e. The molecule has 0 fully saturated rings. The van der Waals surface area contributed by atoms with Crippen molar-refractivity contribution in [1.29, 1.82) is 0 Å². The number of alkyl halides is 3. The molecule has 0 aliphatic carbocycles. The van der Waals surface area contributed by atoms with Crippen LogP contribution in [0.2, 0.25) is 5.02 Å². The van der Waals surface area contributed by atoms with Crippen LogP contribution >= 0.6 is 30.0 Å². The molecule has 0 saturated heterocycles. The molecule has 0 amide bonds. The molecule has 0 aromatic heterocycles. The summed E-state index contributed by atoms with van der Waals surface area (Å²) in [6.45, 7) is 1.52. The molecule has 1 atom stereocenters. The molecule has 2 aromatic rings. The number of halogens is 4. The molecule has 0 spiro atoms. The summed E-state index contributed by atoms with van der Waals surface area (Å²) in [4.78, 5) is 10.5. The maximum atomic E-state index is 12.7. The van der Waals surface area contributed by atoms with E-state index < -0.39 is 23.7 Å². The van der Waals surface area contributed by atoms with Crippen LogP contribution in [0.1, 0.15) is 11.1 Å². The SMILES string of the molecule is CS[P+](=O)c1cc(Oc2ccc(C(F)(F)F)cc2Cl)c(C)cc1[N+](=O)[O-]. The Morgan fingerprint density at radius 1 is 1.23 bits per heavy atom. The number of hydrogen-bond acceptors (Lipinski definition) is 5. The Morgan fingerprint density at radius 3 is 2.38 bits per heavy atom. The van der Waals surface area contributed by atoms with Crippen LogP contribution in [0.5, 0.6) is 11.5 Å². The lowest BCUT2D eigenvalue weighted by molar-refractivity contribution is -0.383. The van der Waals surface area contributed by atoms with Gasteiger partial charge in [0.25, 0.3) is 5.30 Å². The molecule has 0 N–H and O–H groups in total. The van der Waals surface area contributed by atoms with Crippen molar-refractivity contribution in [3.05, 3.63) is 56.6 Å². The van der Waals surface area contributed by atoms with E-state index in [-0.39, 0.29) is 27.5 Å². The van der Waals surface area contributed by atoms with Crippen molar-refractivity contribution in [3.8, 4) is 11.5 Å². The highest BCUT2D eigenvalue weighted by atomic mass is 35.5. The number of nitro groups is 1. The first-order valence-corrected chi connectivity index (χ1v) is 10.4. The van der Waals surface area contributed by atoms with Gasteiger partial charge in [-0.15, -0.1) is 0 Å². The van der Waals surface area contributed by atoms with Gasteiger partial charge in [0.1, 0.15) is 22.9 Å². The highest BCUT2D eigenvalue weighted by Crippen LogP contribution is 2.41. The van der Waals surface area contributed by atoms with Crippen LogP contribution in [0.15, 0.2) is 30.3 Å². The number of nitro benzene ring substituents is 1. The van der Waals surface area contributed by atoms with Crippen LogP contribution in [-0.4, -0.2) is 11.2 Å². The van der Waals surface area contributed by atoms with Gasteiger partial charge in [-0.1, -0.05) is 16.2 Å². The minimum atomic E-state index is -4.55. The third kappa shape index (κ3) is 4.47. The second-order valence-electron chi connectivity index (χ2n) is 5.05. The number of benzene rings is 2. The fourth-order valence-electron chi connectivity index (χ4n) is 2.04. The molecule has 138 valence electrons. The average molecular weight is 425 g/mol. The molecule has 0 radical (unpaired) electrons. The van der Waals surface area contributed by atoms with Crippen molar-refractivity contribution in [2.45, 2.75) is 13.1 Å². The van der Waals surface area contributed by atoms with Gasteiger partial charge < -0.3 is 4.74 Å². The predicted octanol–water partition coefficient (Wildman–Crippen LogP) is 6.10. The molecular weight excluding hydrogens is 414 g/mol. The Hall–Kier alpha value is -1.83. The van der Waals surface area contributed by atoms with Gasteiger partial charge in [0.05, 0.1) is 15.5 Å². The van der Waals surface area contributed by atoms with Crippen LogP contribution in [0, 0.1) is 17.0 Å². The first-order valence-electron chi connectivity index (χ1n) is 6.89. The summed E-state index contributed by atoms with van der Waals surface area (Å²) in [6, 6.07) is 5.04. The maximum Gasteiger partial charge on any atom is 0.456 e. The first-order chi connectivity index (χ1) is 12.0. The lowest BCUT2D eigenvalue weighted by atomic mass is 10.2. The van der Waals surface area contributed by atoms with E-state index in [1.807, 2.05) is 0 Å². The number of rotatable bonds is 5. The van der Waals surface area contributed by atoms with E-state index in [9.17, 15) is 27.9 Å². The van der Waals surface area contributed by atoms with E-state index in [4.69, 9.17) is 16.3 Å². The third-order valence-corrected chi connectivity index (χ3v) is 6.27. The zero-order chi connectivity index (χ0) is 19.6. The zero-order valence-electron chi connectivity index (χ0n) is 13.3. The Morgan fingerprint density at radius 2 is 1.88 bits per heavy atom. The summed E-state index contributed by atoms with van der Waals surface area (Å²) < 4.78 is 55.7. The van der Waals surface area contributed by atoms with Gasteiger partial charge in [0, 0.05) is 18.4 Å². The monoisotopic (exact) mass is 424 g/mol. The lowest BCUT2D eigenvalue weighted by Gasteiger charge is -2.12. The molecule has 11 heteroatoms. The highest BCUT2D eigenvalue weighted by molar-refractivity contribution is 8.53. The van der Waals surface area contributed by atoms with Crippen LogP contribution in [0.25, 0.3) is 0 Å². The zero-order valence-corrected chi connectivity index (χ0v) is 15.8. The quantitative estimate of drug-likeness (QED) is 0.329. The molecule has 1 unspecified atom stereocenters. The van der Waals surface area contributed by atoms with E-state index in [1.54, 1.807) is 0 Å². The number of aryl methyl sites for hydroxylation is 1. The van der Waals surface area contributed by atoms with E-state index in [0.717, 1.165) is 29.6 Å². The molecule has 0 aliphatic heterocycles. The van der Waals surface area contributed by atoms with Crippen LogP contribution in [-0.2, 0) is 10.7 Å². The van der Waals surface area contributed by atoms with Crippen molar-refractivity contribution in [2.24, 2.45) is 0 Å².